The first-order valence-corrected chi connectivity index (χ1v) is 8.63. The normalized spacial score (nSPS) is 28.1. The monoisotopic (exact) mass is 320 g/mol. The minimum Gasteiger partial charge on any atom is -0.390 e. The molecule has 3 rings (SSSR count). The van der Waals surface area contributed by atoms with E-state index in [1.807, 2.05) is 0 Å². The summed E-state index contributed by atoms with van der Waals surface area (Å²) >= 11 is 0. The number of aliphatic hydroxyl groups excluding tert-OH is 2. The van der Waals surface area contributed by atoms with E-state index < -0.39 is 17.8 Å². The average molecular weight is 320 g/mol. The molecule has 0 saturated carbocycles. The van der Waals surface area contributed by atoms with Gasteiger partial charge in [0.25, 0.3) is 0 Å². The van der Waals surface area contributed by atoms with Gasteiger partial charge < -0.3 is 20.7 Å². The molecule has 1 spiro atoms. The van der Waals surface area contributed by atoms with Gasteiger partial charge in [-0.05, 0) is 43.4 Å². The second kappa shape index (κ2) is 7.28. The van der Waals surface area contributed by atoms with E-state index >= 15 is 0 Å². The summed E-state index contributed by atoms with van der Waals surface area (Å²) in [7, 11) is 0. The second-order valence-electron chi connectivity index (χ2n) is 6.85. The van der Waals surface area contributed by atoms with Gasteiger partial charge in [0, 0.05) is 19.6 Å². The molecule has 0 amide bonds. The zero-order valence-corrected chi connectivity index (χ0v) is 13.7. The minimum atomic E-state index is -0.756. The standard InChI is InChI=1S/C18H28N2O3/c19-9-5-14-1-3-15(4-2-14)13-20-10-7-18(8-11-20)17(22)16(21)6-12-23-18/h1-4,16-17,21-22H,5-13,19H2/t16-,17-/m0/s1. The quantitative estimate of drug-likeness (QED) is 0.760. The molecule has 1 aromatic rings. The predicted molar refractivity (Wildman–Crippen MR) is 89.0 cm³/mol. The van der Waals surface area contributed by atoms with Crippen LogP contribution in [0.1, 0.15) is 30.4 Å². The van der Waals surface area contributed by atoms with Crippen LogP contribution in [0.2, 0.25) is 0 Å². The van der Waals surface area contributed by atoms with Gasteiger partial charge in [-0.25, -0.2) is 0 Å². The molecule has 4 N–H and O–H groups in total. The van der Waals surface area contributed by atoms with E-state index in [1.54, 1.807) is 0 Å². The average Bonchev–Trinajstić information content (AvgIpc) is 2.57. The van der Waals surface area contributed by atoms with Gasteiger partial charge >= 0.3 is 0 Å². The van der Waals surface area contributed by atoms with Crippen molar-refractivity contribution in [2.45, 2.75) is 50.0 Å². The Morgan fingerprint density at radius 1 is 1.13 bits per heavy atom. The molecule has 23 heavy (non-hydrogen) atoms. The summed E-state index contributed by atoms with van der Waals surface area (Å²) in [6.07, 6.45) is 1.60. The largest absolute Gasteiger partial charge is 0.390 e. The summed E-state index contributed by atoms with van der Waals surface area (Å²) in [4.78, 5) is 2.39. The van der Waals surface area contributed by atoms with Gasteiger partial charge in [0.2, 0.25) is 0 Å². The Labute approximate surface area is 138 Å². The van der Waals surface area contributed by atoms with E-state index in [2.05, 4.69) is 29.2 Å². The maximum atomic E-state index is 10.3. The van der Waals surface area contributed by atoms with Crippen LogP contribution in [0.25, 0.3) is 0 Å². The zero-order valence-electron chi connectivity index (χ0n) is 13.7. The van der Waals surface area contributed by atoms with Gasteiger partial charge in [0.15, 0.2) is 0 Å². The first kappa shape index (κ1) is 16.9. The lowest BCUT2D eigenvalue weighted by molar-refractivity contribution is -0.214. The summed E-state index contributed by atoms with van der Waals surface area (Å²) in [6.45, 7) is 3.91. The molecule has 2 aliphatic heterocycles. The molecule has 2 fully saturated rings. The number of nitrogens with two attached hydrogens (primary N) is 1. The summed E-state index contributed by atoms with van der Waals surface area (Å²) in [5, 5.41) is 20.2. The Bertz CT molecular complexity index is 497. The fourth-order valence-electron chi connectivity index (χ4n) is 3.74. The number of benzene rings is 1. The van der Waals surface area contributed by atoms with Gasteiger partial charge in [-0.3, -0.25) is 4.90 Å². The third kappa shape index (κ3) is 3.75. The maximum absolute atomic E-state index is 10.3. The van der Waals surface area contributed by atoms with E-state index in [0.717, 1.165) is 38.9 Å². The lowest BCUT2D eigenvalue weighted by Crippen LogP contribution is -2.59. The molecule has 5 nitrogen and oxygen atoms in total. The topological polar surface area (TPSA) is 79.0 Å². The van der Waals surface area contributed by atoms with Gasteiger partial charge in [-0.1, -0.05) is 24.3 Å². The van der Waals surface area contributed by atoms with Crippen molar-refractivity contribution in [3.05, 3.63) is 35.4 Å². The number of ether oxygens (including phenoxy) is 1. The molecule has 0 bridgehead atoms. The van der Waals surface area contributed by atoms with Crippen LogP contribution in [-0.4, -0.2) is 59.2 Å². The first-order valence-electron chi connectivity index (χ1n) is 8.63. The van der Waals surface area contributed by atoms with E-state index in [9.17, 15) is 10.2 Å². The first-order chi connectivity index (χ1) is 11.1. The van der Waals surface area contributed by atoms with Gasteiger partial charge in [-0.15, -0.1) is 0 Å². The molecule has 1 aromatic carbocycles. The fraction of sp³-hybridized carbons (Fsp3) is 0.667. The molecule has 0 radical (unpaired) electrons. The van der Waals surface area contributed by atoms with Gasteiger partial charge in [-0.2, -0.15) is 0 Å². The molecule has 5 heteroatoms. The zero-order chi connectivity index (χ0) is 16.3. The van der Waals surface area contributed by atoms with Crippen molar-refractivity contribution < 1.29 is 14.9 Å². The fourth-order valence-corrected chi connectivity index (χ4v) is 3.74. The van der Waals surface area contributed by atoms with Gasteiger partial charge in [0.05, 0.1) is 18.3 Å². The van der Waals surface area contributed by atoms with E-state index in [4.69, 9.17) is 10.5 Å². The Balaban J connectivity index is 1.54. The smallest absolute Gasteiger partial charge is 0.109 e. The summed E-state index contributed by atoms with van der Waals surface area (Å²) in [6, 6.07) is 8.64. The highest BCUT2D eigenvalue weighted by atomic mass is 16.5. The lowest BCUT2D eigenvalue weighted by atomic mass is 9.80. The molecule has 0 aliphatic carbocycles. The van der Waals surface area contributed by atoms with Crippen LogP contribution in [0.3, 0.4) is 0 Å². The number of piperidine rings is 1. The highest BCUT2D eigenvalue weighted by Gasteiger charge is 2.47. The van der Waals surface area contributed by atoms with Crippen LogP contribution in [0, 0.1) is 0 Å². The van der Waals surface area contributed by atoms with E-state index in [-0.39, 0.29) is 0 Å². The highest BCUT2D eigenvalue weighted by molar-refractivity contribution is 5.22. The third-order valence-corrected chi connectivity index (χ3v) is 5.27. The van der Waals surface area contributed by atoms with Crippen molar-refractivity contribution in [2.75, 3.05) is 26.2 Å². The molecule has 2 atom stereocenters. The van der Waals surface area contributed by atoms with Crippen molar-refractivity contribution in [3.8, 4) is 0 Å². The molecule has 2 aliphatic rings. The molecule has 0 aromatic heterocycles. The Kier molecular flexibility index (Phi) is 5.34. The number of likely N-dealkylation sites (tertiary alicyclic amines) is 1. The van der Waals surface area contributed by atoms with Crippen molar-refractivity contribution in [2.24, 2.45) is 5.73 Å². The van der Waals surface area contributed by atoms with Crippen molar-refractivity contribution in [1.82, 2.24) is 4.90 Å². The van der Waals surface area contributed by atoms with Crippen molar-refractivity contribution in [1.29, 1.82) is 0 Å². The van der Waals surface area contributed by atoms with Crippen LogP contribution < -0.4 is 5.73 Å². The highest BCUT2D eigenvalue weighted by Crippen LogP contribution is 2.35. The second-order valence-corrected chi connectivity index (χ2v) is 6.85. The summed E-state index contributed by atoms with van der Waals surface area (Å²) < 4.78 is 5.88. The number of hydrogen-bond acceptors (Lipinski definition) is 5. The third-order valence-electron chi connectivity index (χ3n) is 5.27. The van der Waals surface area contributed by atoms with Crippen molar-refractivity contribution in [3.63, 3.8) is 0 Å². The molecule has 2 saturated heterocycles. The summed E-state index contributed by atoms with van der Waals surface area (Å²) in [5.41, 5.74) is 7.61. The predicted octanol–water partition coefficient (Wildman–Crippen LogP) is 0.664. The van der Waals surface area contributed by atoms with Crippen LogP contribution in [0.5, 0.6) is 0 Å². The number of aliphatic hydroxyl groups is 2. The maximum Gasteiger partial charge on any atom is 0.109 e. The van der Waals surface area contributed by atoms with Crippen molar-refractivity contribution >= 4 is 0 Å². The van der Waals surface area contributed by atoms with Gasteiger partial charge in [0.1, 0.15) is 6.10 Å². The Hall–Kier alpha value is -0.980. The van der Waals surface area contributed by atoms with Crippen LogP contribution >= 0.6 is 0 Å². The summed E-state index contributed by atoms with van der Waals surface area (Å²) in [5.74, 6) is 0. The number of rotatable bonds is 4. The molecular formula is C18H28N2O3. The Morgan fingerprint density at radius 2 is 1.78 bits per heavy atom. The minimum absolute atomic E-state index is 0.530. The van der Waals surface area contributed by atoms with Crippen LogP contribution in [0.15, 0.2) is 24.3 Å². The van der Waals surface area contributed by atoms with E-state index in [1.165, 1.54) is 11.1 Å². The molecular weight excluding hydrogens is 292 g/mol. The number of hydrogen-bond donors (Lipinski definition) is 3. The number of nitrogens with zero attached hydrogens (tertiary/aromatic N) is 1. The SMILES string of the molecule is NCCc1ccc(CN2CCC3(CC2)OCC[C@H](O)[C@@H]3O)cc1. The van der Waals surface area contributed by atoms with Crippen LogP contribution in [0.4, 0.5) is 0 Å². The molecule has 0 unspecified atom stereocenters. The Morgan fingerprint density at radius 3 is 2.43 bits per heavy atom. The molecule has 2 heterocycles. The van der Waals surface area contributed by atoms with Crippen LogP contribution in [-0.2, 0) is 17.7 Å². The lowest BCUT2D eigenvalue weighted by Gasteiger charge is -2.48. The molecule has 128 valence electrons. The van der Waals surface area contributed by atoms with E-state index in [0.29, 0.717) is 19.6 Å².